The Kier molecular flexibility index (Phi) is 6.03. The molecular formula is C13H20BrNO. The molecular weight excluding hydrogens is 266 g/mol. The average molecular weight is 286 g/mol. The number of aryl methyl sites for hydroxylation is 1. The van der Waals surface area contributed by atoms with E-state index in [-0.39, 0.29) is 6.04 Å². The van der Waals surface area contributed by atoms with Gasteiger partial charge in [0.1, 0.15) is 0 Å². The predicted octanol–water partition coefficient (Wildman–Crippen LogP) is 3.44. The van der Waals surface area contributed by atoms with Crippen molar-refractivity contribution in [3.05, 3.63) is 33.8 Å². The van der Waals surface area contributed by atoms with Crippen LogP contribution in [0.15, 0.2) is 22.7 Å². The van der Waals surface area contributed by atoms with Crippen molar-refractivity contribution < 1.29 is 4.74 Å². The fraction of sp³-hybridized carbons (Fsp3) is 0.538. The number of hydrogen-bond donors (Lipinski definition) is 1. The minimum absolute atomic E-state index is 0.268. The lowest BCUT2D eigenvalue weighted by Crippen LogP contribution is -2.22. The average Bonchev–Trinajstić information content (AvgIpc) is 2.28. The molecule has 1 rings (SSSR count). The van der Waals surface area contributed by atoms with Gasteiger partial charge in [-0.3, -0.25) is 0 Å². The van der Waals surface area contributed by atoms with Gasteiger partial charge in [0, 0.05) is 11.1 Å². The normalized spacial score (nSPS) is 12.8. The van der Waals surface area contributed by atoms with Crippen LogP contribution in [0, 0.1) is 6.92 Å². The van der Waals surface area contributed by atoms with Crippen molar-refractivity contribution in [2.24, 2.45) is 0 Å². The third-order valence-electron chi connectivity index (χ3n) is 2.60. The zero-order valence-corrected chi connectivity index (χ0v) is 11.8. The summed E-state index contributed by atoms with van der Waals surface area (Å²) in [5.74, 6) is 0. The molecule has 1 aromatic carbocycles. The first kappa shape index (κ1) is 13.7. The summed E-state index contributed by atoms with van der Waals surface area (Å²) in [4.78, 5) is 0. The summed E-state index contributed by atoms with van der Waals surface area (Å²) in [6.45, 7) is 5.80. The largest absolute Gasteiger partial charge is 0.379 e. The van der Waals surface area contributed by atoms with E-state index in [1.807, 2.05) is 7.05 Å². The number of halogens is 1. The van der Waals surface area contributed by atoms with Crippen LogP contribution in [0.1, 0.15) is 30.5 Å². The lowest BCUT2D eigenvalue weighted by atomic mass is 10.0. The molecule has 0 radical (unpaired) electrons. The Hall–Kier alpha value is -0.380. The van der Waals surface area contributed by atoms with Crippen LogP contribution < -0.4 is 5.32 Å². The first-order valence-corrected chi connectivity index (χ1v) is 6.49. The number of ether oxygens (including phenoxy) is 1. The summed E-state index contributed by atoms with van der Waals surface area (Å²) in [6.07, 6.45) is 1.06. The third-order valence-corrected chi connectivity index (χ3v) is 3.09. The first-order valence-electron chi connectivity index (χ1n) is 5.70. The Bertz CT molecular complexity index is 328. The smallest absolute Gasteiger partial charge is 0.0661 e. The van der Waals surface area contributed by atoms with Gasteiger partial charge >= 0.3 is 0 Å². The summed E-state index contributed by atoms with van der Waals surface area (Å²) in [5, 5.41) is 3.30. The number of likely N-dealkylation sites (N-methyl/N-ethyl adjacent to an activating group) is 1. The molecule has 0 aliphatic rings. The van der Waals surface area contributed by atoms with Crippen molar-refractivity contribution in [1.29, 1.82) is 0 Å². The van der Waals surface area contributed by atoms with E-state index in [1.54, 1.807) is 0 Å². The Labute approximate surface area is 107 Å². The molecule has 1 atom stereocenters. The van der Waals surface area contributed by atoms with Crippen LogP contribution in [0.25, 0.3) is 0 Å². The topological polar surface area (TPSA) is 21.3 Å². The number of hydrogen-bond acceptors (Lipinski definition) is 2. The van der Waals surface area contributed by atoms with Gasteiger partial charge < -0.3 is 10.1 Å². The molecule has 1 aromatic rings. The molecule has 0 spiro atoms. The van der Waals surface area contributed by atoms with E-state index in [1.165, 1.54) is 11.1 Å². The van der Waals surface area contributed by atoms with Crippen LogP contribution in [0.3, 0.4) is 0 Å². The van der Waals surface area contributed by atoms with Crippen LogP contribution in [0.4, 0.5) is 0 Å². The minimum Gasteiger partial charge on any atom is -0.379 e. The maximum atomic E-state index is 5.61. The zero-order chi connectivity index (χ0) is 12.0. The number of benzene rings is 1. The highest BCUT2D eigenvalue weighted by Crippen LogP contribution is 2.22. The van der Waals surface area contributed by atoms with Crippen molar-refractivity contribution in [1.82, 2.24) is 5.32 Å². The molecule has 0 aliphatic carbocycles. The Balaban J connectivity index is 2.73. The highest BCUT2D eigenvalue weighted by Gasteiger charge is 2.12. The van der Waals surface area contributed by atoms with Crippen LogP contribution in [-0.4, -0.2) is 20.3 Å². The second kappa shape index (κ2) is 7.05. The van der Waals surface area contributed by atoms with Crippen LogP contribution in [-0.2, 0) is 4.74 Å². The van der Waals surface area contributed by atoms with E-state index < -0.39 is 0 Å². The molecule has 16 heavy (non-hydrogen) atoms. The molecule has 0 aromatic heterocycles. The number of rotatable bonds is 6. The minimum atomic E-state index is 0.268. The molecule has 1 N–H and O–H groups in total. The van der Waals surface area contributed by atoms with Gasteiger partial charge in [-0.15, -0.1) is 0 Å². The van der Waals surface area contributed by atoms with Gasteiger partial charge in [-0.25, -0.2) is 0 Å². The SMILES string of the molecule is CCCOCC(NC)c1cc(Br)ccc1C. The van der Waals surface area contributed by atoms with Crippen molar-refractivity contribution in [2.45, 2.75) is 26.3 Å². The summed E-state index contributed by atoms with van der Waals surface area (Å²) in [5.41, 5.74) is 2.59. The molecule has 2 nitrogen and oxygen atoms in total. The molecule has 90 valence electrons. The second-order valence-electron chi connectivity index (χ2n) is 3.92. The van der Waals surface area contributed by atoms with E-state index >= 15 is 0 Å². The van der Waals surface area contributed by atoms with Gasteiger partial charge in [0.15, 0.2) is 0 Å². The van der Waals surface area contributed by atoms with Crippen molar-refractivity contribution in [2.75, 3.05) is 20.3 Å². The summed E-state index contributed by atoms with van der Waals surface area (Å²) in [6, 6.07) is 6.62. The van der Waals surface area contributed by atoms with E-state index in [0.29, 0.717) is 0 Å². The lowest BCUT2D eigenvalue weighted by molar-refractivity contribution is 0.114. The summed E-state index contributed by atoms with van der Waals surface area (Å²) < 4.78 is 6.72. The fourth-order valence-electron chi connectivity index (χ4n) is 1.66. The van der Waals surface area contributed by atoms with Gasteiger partial charge in [0.05, 0.1) is 12.6 Å². The van der Waals surface area contributed by atoms with Gasteiger partial charge in [0.25, 0.3) is 0 Å². The van der Waals surface area contributed by atoms with Gasteiger partial charge in [-0.1, -0.05) is 28.9 Å². The van der Waals surface area contributed by atoms with Crippen molar-refractivity contribution >= 4 is 15.9 Å². The van der Waals surface area contributed by atoms with Gasteiger partial charge in [-0.05, 0) is 43.7 Å². The molecule has 0 fully saturated rings. The van der Waals surface area contributed by atoms with Crippen molar-refractivity contribution in [3.8, 4) is 0 Å². The van der Waals surface area contributed by atoms with E-state index in [9.17, 15) is 0 Å². The quantitative estimate of drug-likeness (QED) is 0.809. The first-order chi connectivity index (χ1) is 7.69. The standard InChI is InChI=1S/C13H20BrNO/c1-4-7-16-9-13(15-3)12-8-11(14)6-5-10(12)2/h5-6,8,13,15H,4,7,9H2,1-3H3. The van der Waals surface area contributed by atoms with Gasteiger partial charge in [-0.2, -0.15) is 0 Å². The van der Waals surface area contributed by atoms with E-state index in [0.717, 1.165) is 24.1 Å². The molecule has 3 heteroatoms. The molecule has 0 heterocycles. The maximum absolute atomic E-state index is 5.61. The Morgan fingerprint density at radius 3 is 2.81 bits per heavy atom. The van der Waals surface area contributed by atoms with Crippen molar-refractivity contribution in [3.63, 3.8) is 0 Å². The van der Waals surface area contributed by atoms with Crippen LogP contribution in [0.5, 0.6) is 0 Å². The Morgan fingerprint density at radius 1 is 1.44 bits per heavy atom. The van der Waals surface area contributed by atoms with Gasteiger partial charge in [0.2, 0.25) is 0 Å². The lowest BCUT2D eigenvalue weighted by Gasteiger charge is -2.19. The molecule has 0 saturated carbocycles. The molecule has 0 amide bonds. The van der Waals surface area contributed by atoms with Crippen LogP contribution in [0.2, 0.25) is 0 Å². The molecule has 0 aliphatic heterocycles. The summed E-state index contributed by atoms with van der Waals surface area (Å²) in [7, 11) is 1.97. The predicted molar refractivity (Wildman–Crippen MR) is 71.8 cm³/mol. The van der Waals surface area contributed by atoms with Crippen LogP contribution >= 0.6 is 15.9 Å². The highest BCUT2D eigenvalue weighted by molar-refractivity contribution is 9.10. The number of nitrogens with one attached hydrogen (secondary N) is 1. The second-order valence-corrected chi connectivity index (χ2v) is 4.83. The fourth-order valence-corrected chi connectivity index (χ4v) is 2.04. The monoisotopic (exact) mass is 285 g/mol. The maximum Gasteiger partial charge on any atom is 0.0661 e. The Morgan fingerprint density at radius 2 is 2.19 bits per heavy atom. The zero-order valence-electron chi connectivity index (χ0n) is 10.2. The highest BCUT2D eigenvalue weighted by atomic mass is 79.9. The molecule has 0 saturated heterocycles. The molecule has 0 bridgehead atoms. The summed E-state index contributed by atoms with van der Waals surface area (Å²) >= 11 is 3.51. The van der Waals surface area contributed by atoms with E-state index in [4.69, 9.17) is 4.74 Å². The third kappa shape index (κ3) is 3.89. The molecule has 1 unspecified atom stereocenters. The van der Waals surface area contributed by atoms with E-state index in [2.05, 4.69) is 53.3 Å².